The number of para-hydroxylation sites is 2. The molecule has 1 atom stereocenters. The van der Waals surface area contributed by atoms with Crippen molar-refractivity contribution in [3.05, 3.63) is 60.2 Å². The van der Waals surface area contributed by atoms with E-state index in [1.54, 1.807) is 0 Å². The van der Waals surface area contributed by atoms with E-state index in [1.807, 2.05) is 30.3 Å². The van der Waals surface area contributed by atoms with E-state index in [0.717, 1.165) is 24.3 Å². The molecule has 2 N–H and O–H groups in total. The zero-order valence-electron chi connectivity index (χ0n) is 16.1. The lowest BCUT2D eigenvalue weighted by atomic mass is 10.0. The van der Waals surface area contributed by atoms with Crippen LogP contribution in [0.4, 0.5) is 11.4 Å². The number of carbonyl (C=O) groups is 1. The molecule has 0 bridgehead atoms. The summed E-state index contributed by atoms with van der Waals surface area (Å²) < 4.78 is 0. The fourth-order valence-corrected chi connectivity index (χ4v) is 3.63. The number of nitrogens with one attached hydrogen (secondary N) is 1. The van der Waals surface area contributed by atoms with Gasteiger partial charge in [-0.3, -0.25) is 4.79 Å². The van der Waals surface area contributed by atoms with Gasteiger partial charge in [-0.2, -0.15) is 0 Å². The van der Waals surface area contributed by atoms with Gasteiger partial charge in [0.1, 0.15) is 0 Å². The lowest BCUT2D eigenvalue weighted by Crippen LogP contribution is -2.45. The van der Waals surface area contributed by atoms with E-state index in [1.165, 1.54) is 5.56 Å². The summed E-state index contributed by atoms with van der Waals surface area (Å²) in [6, 6.07) is 18.4. The van der Waals surface area contributed by atoms with E-state index in [-0.39, 0.29) is 25.1 Å². The summed E-state index contributed by atoms with van der Waals surface area (Å²) in [5, 5.41) is 12.5. The molecular formula is C22H29N3O2. The maximum atomic E-state index is 12.5. The summed E-state index contributed by atoms with van der Waals surface area (Å²) in [5.41, 5.74) is 3.47. The molecule has 3 rings (SSSR count). The maximum absolute atomic E-state index is 12.5. The minimum Gasteiger partial charge on any atom is -0.394 e. The second-order valence-corrected chi connectivity index (χ2v) is 7.59. The van der Waals surface area contributed by atoms with Crippen LogP contribution in [0.1, 0.15) is 25.8 Å². The molecule has 1 aliphatic heterocycles. The largest absolute Gasteiger partial charge is 0.394 e. The lowest BCUT2D eigenvalue weighted by Gasteiger charge is -2.23. The second-order valence-electron chi connectivity index (χ2n) is 7.59. The van der Waals surface area contributed by atoms with Crippen molar-refractivity contribution in [2.75, 3.05) is 29.6 Å². The standard InChI is InChI=1S/C22H29N3O2/c1-17(2)12-19(15-26)23-22(27)14-25-16-24(13-18-8-4-3-5-9-18)20-10-6-7-11-21(20)25/h3-11,17,19,26H,12-16H2,1-2H3,(H,23,27)/t19-/m0/s1. The molecule has 5 heteroatoms. The van der Waals surface area contributed by atoms with E-state index in [9.17, 15) is 9.90 Å². The van der Waals surface area contributed by atoms with E-state index in [0.29, 0.717) is 12.6 Å². The van der Waals surface area contributed by atoms with Gasteiger partial charge >= 0.3 is 0 Å². The van der Waals surface area contributed by atoms with E-state index < -0.39 is 0 Å². The Bertz CT molecular complexity index is 748. The highest BCUT2D eigenvalue weighted by atomic mass is 16.3. The van der Waals surface area contributed by atoms with E-state index in [4.69, 9.17) is 0 Å². The highest BCUT2D eigenvalue weighted by molar-refractivity contribution is 5.86. The number of nitrogens with zero attached hydrogens (tertiary/aromatic N) is 2. The van der Waals surface area contributed by atoms with Crippen LogP contribution in [-0.4, -0.2) is 36.9 Å². The van der Waals surface area contributed by atoms with Crippen molar-refractivity contribution in [1.29, 1.82) is 0 Å². The molecule has 0 spiro atoms. The van der Waals surface area contributed by atoms with Crippen molar-refractivity contribution >= 4 is 17.3 Å². The average Bonchev–Trinajstić information content (AvgIpc) is 2.99. The van der Waals surface area contributed by atoms with Crippen LogP contribution in [0, 0.1) is 5.92 Å². The predicted octanol–water partition coefficient (Wildman–Crippen LogP) is 2.99. The summed E-state index contributed by atoms with van der Waals surface area (Å²) in [6.45, 7) is 5.93. The zero-order valence-corrected chi connectivity index (χ0v) is 16.1. The number of carbonyl (C=O) groups excluding carboxylic acids is 1. The molecule has 5 nitrogen and oxygen atoms in total. The van der Waals surface area contributed by atoms with Gasteiger partial charge in [0, 0.05) is 6.54 Å². The highest BCUT2D eigenvalue weighted by Crippen LogP contribution is 2.36. The van der Waals surface area contributed by atoms with Crippen LogP contribution in [0.2, 0.25) is 0 Å². The van der Waals surface area contributed by atoms with Crippen molar-refractivity contribution in [1.82, 2.24) is 5.32 Å². The molecule has 1 heterocycles. The van der Waals surface area contributed by atoms with Crippen LogP contribution in [0.3, 0.4) is 0 Å². The van der Waals surface area contributed by atoms with Gasteiger partial charge in [-0.15, -0.1) is 0 Å². The minimum absolute atomic E-state index is 0.0271. The zero-order chi connectivity index (χ0) is 19.2. The van der Waals surface area contributed by atoms with Gasteiger partial charge in [-0.05, 0) is 30.0 Å². The fourth-order valence-electron chi connectivity index (χ4n) is 3.63. The Hall–Kier alpha value is -2.53. The van der Waals surface area contributed by atoms with Gasteiger partial charge in [0.05, 0.1) is 37.2 Å². The molecule has 2 aromatic carbocycles. The molecule has 2 aromatic rings. The van der Waals surface area contributed by atoms with Gasteiger partial charge in [-0.25, -0.2) is 0 Å². The van der Waals surface area contributed by atoms with Gasteiger partial charge in [0.15, 0.2) is 0 Å². The SMILES string of the molecule is CC(C)C[C@@H](CO)NC(=O)CN1CN(Cc2ccccc2)c2ccccc21. The molecule has 1 amide bonds. The van der Waals surface area contributed by atoms with Crippen LogP contribution >= 0.6 is 0 Å². The first-order valence-corrected chi connectivity index (χ1v) is 9.60. The number of hydrogen-bond donors (Lipinski definition) is 2. The summed E-state index contributed by atoms with van der Waals surface area (Å²) in [4.78, 5) is 16.9. The minimum atomic E-state index is -0.184. The summed E-state index contributed by atoms with van der Waals surface area (Å²) in [5.74, 6) is 0.377. The van der Waals surface area contributed by atoms with Crippen LogP contribution in [0.5, 0.6) is 0 Å². The number of anilines is 2. The van der Waals surface area contributed by atoms with Crippen molar-refractivity contribution in [3.8, 4) is 0 Å². The molecule has 1 aliphatic rings. The van der Waals surface area contributed by atoms with E-state index >= 15 is 0 Å². The average molecular weight is 367 g/mol. The molecule has 27 heavy (non-hydrogen) atoms. The van der Waals surface area contributed by atoms with Crippen molar-refractivity contribution in [3.63, 3.8) is 0 Å². The Morgan fingerprint density at radius 1 is 1.04 bits per heavy atom. The number of aliphatic hydroxyl groups excluding tert-OH is 1. The molecule has 144 valence electrons. The number of benzene rings is 2. The Kier molecular flexibility index (Phi) is 6.35. The van der Waals surface area contributed by atoms with Crippen LogP contribution in [-0.2, 0) is 11.3 Å². The normalized spacial score (nSPS) is 14.4. The first-order chi connectivity index (χ1) is 13.1. The summed E-state index contributed by atoms with van der Waals surface area (Å²) in [7, 11) is 0. The molecule has 0 fully saturated rings. The Morgan fingerprint density at radius 3 is 2.30 bits per heavy atom. The summed E-state index contributed by atoms with van der Waals surface area (Å²) >= 11 is 0. The Labute approximate surface area is 161 Å². The number of aliphatic hydroxyl groups is 1. The third-order valence-corrected chi connectivity index (χ3v) is 4.80. The molecule has 0 aromatic heterocycles. The first-order valence-electron chi connectivity index (χ1n) is 9.60. The molecule has 0 aliphatic carbocycles. The fraction of sp³-hybridized carbons (Fsp3) is 0.409. The molecule has 0 unspecified atom stereocenters. The maximum Gasteiger partial charge on any atom is 0.239 e. The highest BCUT2D eigenvalue weighted by Gasteiger charge is 2.27. The van der Waals surface area contributed by atoms with Crippen molar-refractivity contribution in [2.45, 2.75) is 32.9 Å². The Morgan fingerprint density at radius 2 is 1.67 bits per heavy atom. The molecule has 0 radical (unpaired) electrons. The third-order valence-electron chi connectivity index (χ3n) is 4.80. The number of hydrogen-bond acceptors (Lipinski definition) is 4. The van der Waals surface area contributed by atoms with E-state index in [2.05, 4.69) is 53.2 Å². The lowest BCUT2D eigenvalue weighted by molar-refractivity contribution is -0.120. The topological polar surface area (TPSA) is 55.8 Å². The number of fused-ring (bicyclic) bond motifs is 1. The molecular weight excluding hydrogens is 338 g/mol. The first kappa shape index (κ1) is 19.2. The monoisotopic (exact) mass is 367 g/mol. The van der Waals surface area contributed by atoms with Crippen LogP contribution < -0.4 is 15.1 Å². The van der Waals surface area contributed by atoms with Crippen LogP contribution in [0.15, 0.2) is 54.6 Å². The summed E-state index contributed by atoms with van der Waals surface area (Å²) in [6.07, 6.45) is 0.777. The number of rotatable bonds is 8. The van der Waals surface area contributed by atoms with Gasteiger partial charge < -0.3 is 20.2 Å². The predicted molar refractivity (Wildman–Crippen MR) is 110 cm³/mol. The van der Waals surface area contributed by atoms with Gasteiger partial charge in [0.25, 0.3) is 0 Å². The van der Waals surface area contributed by atoms with Crippen molar-refractivity contribution in [2.24, 2.45) is 5.92 Å². The smallest absolute Gasteiger partial charge is 0.239 e. The quantitative estimate of drug-likeness (QED) is 0.753. The third kappa shape index (κ3) is 5.01. The number of amides is 1. The van der Waals surface area contributed by atoms with Gasteiger partial charge in [-0.1, -0.05) is 56.3 Å². The molecule has 0 saturated carbocycles. The second kappa shape index (κ2) is 8.91. The van der Waals surface area contributed by atoms with Crippen molar-refractivity contribution < 1.29 is 9.90 Å². The molecule has 0 saturated heterocycles. The van der Waals surface area contributed by atoms with Gasteiger partial charge in [0.2, 0.25) is 5.91 Å². The van der Waals surface area contributed by atoms with Crippen LogP contribution in [0.25, 0.3) is 0 Å². The Balaban J connectivity index is 1.67.